The van der Waals surface area contributed by atoms with Gasteiger partial charge in [-0.05, 0) is 18.2 Å². The minimum Gasteiger partial charge on any atom is -0.495 e. The molecule has 0 atom stereocenters. The topological polar surface area (TPSA) is 84.9 Å². The van der Waals surface area contributed by atoms with Crippen molar-refractivity contribution in [3.63, 3.8) is 0 Å². The Bertz CT molecular complexity index is 627. The van der Waals surface area contributed by atoms with Gasteiger partial charge in [0.05, 0.1) is 13.7 Å². The number of carbonyl (C=O) groups excluding carboxylic acids is 1. The van der Waals surface area contributed by atoms with Crippen molar-refractivity contribution in [2.24, 2.45) is 0 Å². The van der Waals surface area contributed by atoms with Crippen LogP contribution in [0, 0.1) is 0 Å². The van der Waals surface area contributed by atoms with Crippen LogP contribution in [0.25, 0.3) is 0 Å². The lowest BCUT2D eigenvalue weighted by Crippen LogP contribution is -2.31. The first-order valence-corrected chi connectivity index (χ1v) is 8.81. The average Bonchev–Trinajstić information content (AvgIpc) is 2.55. The summed E-state index contributed by atoms with van der Waals surface area (Å²) >= 11 is 0. The van der Waals surface area contributed by atoms with E-state index in [9.17, 15) is 13.2 Å². The first kappa shape index (κ1) is 19.4. The van der Waals surface area contributed by atoms with Crippen molar-refractivity contribution in [1.29, 1.82) is 0 Å². The van der Waals surface area contributed by atoms with E-state index in [1.165, 1.54) is 36.7 Å². The molecule has 1 rings (SSSR count). The van der Waals surface area contributed by atoms with Crippen LogP contribution in [0.4, 0.5) is 0 Å². The molecule has 0 saturated heterocycles. The van der Waals surface area contributed by atoms with Crippen molar-refractivity contribution in [3.05, 3.63) is 23.8 Å². The molecule has 0 fully saturated rings. The lowest BCUT2D eigenvalue weighted by Gasteiger charge is -2.20. The van der Waals surface area contributed by atoms with Gasteiger partial charge in [-0.25, -0.2) is 8.42 Å². The number of hydrogen-bond donors (Lipinski definition) is 1. The zero-order chi connectivity index (χ0) is 17.5. The van der Waals surface area contributed by atoms with E-state index in [0.29, 0.717) is 26.2 Å². The quantitative estimate of drug-likeness (QED) is 0.678. The summed E-state index contributed by atoms with van der Waals surface area (Å²) in [5.41, 5.74) is 0.257. The van der Waals surface area contributed by atoms with Crippen LogP contribution in [-0.4, -0.2) is 59.1 Å². The number of rotatable bonds is 9. The molecule has 0 unspecified atom stereocenters. The number of benzene rings is 1. The summed E-state index contributed by atoms with van der Waals surface area (Å²) in [6.07, 6.45) is 0. The molecule has 0 radical (unpaired) electrons. The van der Waals surface area contributed by atoms with Gasteiger partial charge in [-0.3, -0.25) is 4.79 Å². The number of carbonyl (C=O) groups is 1. The number of methoxy groups -OCH3 is 2. The fourth-order valence-electron chi connectivity index (χ4n) is 2.09. The number of ether oxygens (including phenoxy) is 2. The van der Waals surface area contributed by atoms with E-state index < -0.39 is 10.0 Å². The Morgan fingerprint density at radius 3 is 2.39 bits per heavy atom. The normalized spacial score (nSPS) is 11.5. The molecule has 0 saturated carbocycles. The van der Waals surface area contributed by atoms with Crippen molar-refractivity contribution in [2.75, 3.05) is 40.5 Å². The molecular weight excluding hydrogens is 320 g/mol. The molecule has 1 aromatic rings. The molecule has 0 spiro atoms. The third kappa shape index (κ3) is 4.66. The third-order valence-electron chi connectivity index (χ3n) is 3.34. The summed E-state index contributed by atoms with van der Waals surface area (Å²) in [6, 6.07) is 4.36. The van der Waals surface area contributed by atoms with Gasteiger partial charge in [-0.15, -0.1) is 0 Å². The molecule has 130 valence electrons. The van der Waals surface area contributed by atoms with Crippen LogP contribution in [0.1, 0.15) is 24.2 Å². The van der Waals surface area contributed by atoms with Crippen LogP contribution in [0.15, 0.2) is 23.1 Å². The third-order valence-corrected chi connectivity index (χ3v) is 5.41. The molecule has 8 heteroatoms. The Labute approximate surface area is 137 Å². The standard InChI is InChI=1S/C15H24N2O5S/c1-5-17(6-2)23(19,20)14-11-12(7-8-13(14)22-4)15(18)16-9-10-21-3/h7-8,11H,5-6,9-10H2,1-4H3,(H,16,18). The highest BCUT2D eigenvalue weighted by atomic mass is 32.2. The zero-order valence-electron chi connectivity index (χ0n) is 14.0. The highest BCUT2D eigenvalue weighted by Crippen LogP contribution is 2.27. The molecule has 23 heavy (non-hydrogen) atoms. The van der Waals surface area contributed by atoms with Crippen LogP contribution < -0.4 is 10.1 Å². The highest BCUT2D eigenvalue weighted by Gasteiger charge is 2.26. The van der Waals surface area contributed by atoms with Gasteiger partial charge in [0.2, 0.25) is 10.0 Å². The summed E-state index contributed by atoms with van der Waals surface area (Å²) < 4.78 is 36.7. The lowest BCUT2D eigenvalue weighted by atomic mass is 10.2. The van der Waals surface area contributed by atoms with Gasteiger partial charge in [0, 0.05) is 32.3 Å². The maximum Gasteiger partial charge on any atom is 0.251 e. The largest absolute Gasteiger partial charge is 0.495 e. The molecule has 0 aliphatic rings. The molecular formula is C15H24N2O5S. The van der Waals surface area contributed by atoms with Gasteiger partial charge in [0.1, 0.15) is 10.6 Å². The molecule has 0 heterocycles. The maximum absolute atomic E-state index is 12.7. The van der Waals surface area contributed by atoms with Crippen molar-refractivity contribution < 1.29 is 22.7 Å². The Kier molecular flexibility index (Phi) is 7.47. The summed E-state index contributed by atoms with van der Waals surface area (Å²) in [6.45, 7) is 4.92. The molecule has 1 N–H and O–H groups in total. The van der Waals surface area contributed by atoms with Crippen molar-refractivity contribution in [2.45, 2.75) is 18.7 Å². The summed E-state index contributed by atoms with van der Waals surface area (Å²) in [5, 5.41) is 2.66. The van der Waals surface area contributed by atoms with Crippen LogP contribution in [0.3, 0.4) is 0 Å². The Hall–Kier alpha value is -1.64. The van der Waals surface area contributed by atoms with E-state index in [-0.39, 0.29) is 22.1 Å². The molecule has 7 nitrogen and oxygen atoms in total. The van der Waals surface area contributed by atoms with Gasteiger partial charge < -0.3 is 14.8 Å². The first-order valence-electron chi connectivity index (χ1n) is 7.37. The molecule has 0 aliphatic heterocycles. The predicted molar refractivity (Wildman–Crippen MR) is 87.3 cm³/mol. The smallest absolute Gasteiger partial charge is 0.251 e. The number of amides is 1. The zero-order valence-corrected chi connectivity index (χ0v) is 14.8. The lowest BCUT2D eigenvalue weighted by molar-refractivity contribution is 0.0937. The highest BCUT2D eigenvalue weighted by molar-refractivity contribution is 7.89. The van der Waals surface area contributed by atoms with Gasteiger partial charge in [-0.1, -0.05) is 13.8 Å². The van der Waals surface area contributed by atoms with Crippen molar-refractivity contribution in [1.82, 2.24) is 9.62 Å². The van der Waals surface area contributed by atoms with Crippen LogP contribution >= 0.6 is 0 Å². The SMILES string of the molecule is CCN(CC)S(=O)(=O)c1cc(C(=O)NCCOC)ccc1OC. The number of sulfonamides is 1. The van der Waals surface area contributed by atoms with Gasteiger partial charge >= 0.3 is 0 Å². The fourth-order valence-corrected chi connectivity index (χ4v) is 3.73. The van der Waals surface area contributed by atoms with E-state index >= 15 is 0 Å². The predicted octanol–water partition coefficient (Wildman–Crippen LogP) is 1.10. The van der Waals surface area contributed by atoms with Crippen molar-refractivity contribution >= 4 is 15.9 Å². The molecule has 0 bridgehead atoms. The van der Waals surface area contributed by atoms with E-state index in [2.05, 4.69) is 5.32 Å². The maximum atomic E-state index is 12.7. The Balaban J connectivity index is 3.20. The van der Waals surface area contributed by atoms with E-state index in [1.54, 1.807) is 13.8 Å². The Morgan fingerprint density at radius 1 is 1.22 bits per heavy atom. The summed E-state index contributed by atoms with van der Waals surface area (Å²) in [5.74, 6) is -0.147. The number of hydrogen-bond acceptors (Lipinski definition) is 5. The second-order valence-corrected chi connectivity index (χ2v) is 6.61. The second kappa shape index (κ2) is 8.85. The molecule has 1 amide bonds. The van der Waals surface area contributed by atoms with E-state index in [1.807, 2.05) is 0 Å². The summed E-state index contributed by atoms with van der Waals surface area (Å²) in [7, 11) is -0.788. The fraction of sp³-hybridized carbons (Fsp3) is 0.533. The van der Waals surface area contributed by atoms with Gasteiger partial charge in [0.15, 0.2) is 0 Å². The van der Waals surface area contributed by atoms with E-state index in [4.69, 9.17) is 9.47 Å². The van der Waals surface area contributed by atoms with Crippen LogP contribution in [0.2, 0.25) is 0 Å². The molecule has 0 aliphatic carbocycles. The average molecular weight is 344 g/mol. The van der Waals surface area contributed by atoms with Crippen LogP contribution in [0.5, 0.6) is 5.75 Å². The first-order chi connectivity index (χ1) is 10.9. The van der Waals surface area contributed by atoms with E-state index in [0.717, 1.165) is 0 Å². The van der Waals surface area contributed by atoms with Crippen LogP contribution in [-0.2, 0) is 14.8 Å². The minimum absolute atomic E-state index is 0.0110. The summed E-state index contributed by atoms with van der Waals surface area (Å²) in [4.78, 5) is 12.1. The number of nitrogens with zero attached hydrogens (tertiary/aromatic N) is 1. The minimum atomic E-state index is -3.72. The monoisotopic (exact) mass is 344 g/mol. The van der Waals surface area contributed by atoms with Gasteiger partial charge in [-0.2, -0.15) is 4.31 Å². The molecule has 0 aromatic heterocycles. The van der Waals surface area contributed by atoms with Crippen molar-refractivity contribution in [3.8, 4) is 5.75 Å². The molecule has 1 aromatic carbocycles. The van der Waals surface area contributed by atoms with Gasteiger partial charge in [0.25, 0.3) is 5.91 Å². The second-order valence-electron chi connectivity index (χ2n) is 4.70. The Morgan fingerprint density at radius 2 is 1.87 bits per heavy atom. The number of nitrogens with one attached hydrogen (secondary N) is 1.